The highest BCUT2D eigenvalue weighted by Gasteiger charge is 2.22. The first kappa shape index (κ1) is 30.5. The molecule has 0 bridgehead atoms. The van der Waals surface area contributed by atoms with E-state index in [2.05, 4.69) is 199 Å². The van der Waals surface area contributed by atoms with Crippen molar-refractivity contribution in [3.05, 3.63) is 200 Å². The van der Waals surface area contributed by atoms with Crippen LogP contribution in [-0.2, 0) is 0 Å². The second-order valence-electron chi connectivity index (χ2n) is 14.0. The number of hydrogen-bond acceptors (Lipinski definition) is 2. The molecule has 252 valence electrons. The third-order valence-electron chi connectivity index (χ3n) is 11.0. The largest absolute Gasteiger partial charge is 0.455 e. The fourth-order valence-electron chi connectivity index (χ4n) is 8.65. The van der Waals surface area contributed by atoms with Gasteiger partial charge in [0.05, 0.1) is 11.4 Å². The van der Waals surface area contributed by atoms with E-state index in [4.69, 9.17) is 4.42 Å². The zero-order valence-corrected chi connectivity index (χ0v) is 29.4. The van der Waals surface area contributed by atoms with Gasteiger partial charge in [0, 0.05) is 27.2 Å². The van der Waals surface area contributed by atoms with Crippen LogP contribution in [0.15, 0.2) is 205 Å². The molecule has 0 atom stereocenters. The minimum atomic E-state index is 0.896. The smallest absolute Gasteiger partial charge is 0.145 e. The van der Waals surface area contributed by atoms with Gasteiger partial charge < -0.3 is 9.32 Å². The Morgan fingerprint density at radius 1 is 0.315 bits per heavy atom. The predicted molar refractivity (Wildman–Crippen MR) is 229 cm³/mol. The lowest BCUT2D eigenvalue weighted by molar-refractivity contribution is 0.672. The summed E-state index contributed by atoms with van der Waals surface area (Å²) in [7, 11) is 0. The van der Waals surface area contributed by atoms with Crippen LogP contribution in [0.4, 0.5) is 17.1 Å². The summed E-state index contributed by atoms with van der Waals surface area (Å²) in [5, 5.41) is 11.9. The van der Waals surface area contributed by atoms with Crippen molar-refractivity contribution in [1.29, 1.82) is 0 Å². The molecule has 0 N–H and O–H groups in total. The third kappa shape index (κ3) is 4.67. The molecule has 10 aromatic carbocycles. The van der Waals surface area contributed by atoms with Crippen molar-refractivity contribution in [2.24, 2.45) is 0 Å². The zero-order valence-electron chi connectivity index (χ0n) is 29.4. The highest BCUT2D eigenvalue weighted by molar-refractivity contribution is 6.22. The highest BCUT2D eigenvalue weighted by Crippen LogP contribution is 2.48. The molecule has 0 aliphatic rings. The summed E-state index contributed by atoms with van der Waals surface area (Å²) in [6.45, 7) is 0. The summed E-state index contributed by atoms with van der Waals surface area (Å²) in [6.07, 6.45) is 0. The Morgan fingerprint density at radius 3 is 1.57 bits per heavy atom. The zero-order chi connectivity index (χ0) is 35.6. The fourth-order valence-corrected chi connectivity index (χ4v) is 8.65. The lowest BCUT2D eigenvalue weighted by Crippen LogP contribution is -2.11. The normalized spacial score (nSPS) is 11.7. The van der Waals surface area contributed by atoms with E-state index in [0.29, 0.717) is 0 Å². The van der Waals surface area contributed by atoms with Crippen LogP contribution in [0.3, 0.4) is 0 Å². The first-order chi connectivity index (χ1) is 26.8. The quantitative estimate of drug-likeness (QED) is 0.168. The van der Waals surface area contributed by atoms with Gasteiger partial charge in [-0.2, -0.15) is 0 Å². The Bertz CT molecular complexity index is 3210. The molecular formula is C52H33NO. The molecule has 0 spiro atoms. The van der Waals surface area contributed by atoms with Gasteiger partial charge in [-0.1, -0.05) is 164 Å². The number of para-hydroxylation sites is 1. The number of hydrogen-bond donors (Lipinski definition) is 0. The van der Waals surface area contributed by atoms with Crippen LogP contribution in [0.5, 0.6) is 0 Å². The first-order valence-electron chi connectivity index (χ1n) is 18.5. The van der Waals surface area contributed by atoms with Crippen molar-refractivity contribution in [1.82, 2.24) is 0 Å². The molecule has 0 radical (unpaired) electrons. The standard InChI is InChI=1S/C52H33NO/c1-2-15-35(16-3-1)49-43-23-8-6-20-40(43)41-21-7-9-24-44(41)50(49)37-28-31-38(32-29-37)53(46-25-12-17-34-14-4-5-19-39(34)46)47-26-13-18-36-30-33-45-42-22-10-11-27-48(42)54-52(45)51(36)47/h1-33H. The van der Waals surface area contributed by atoms with Gasteiger partial charge in [-0.15, -0.1) is 0 Å². The third-order valence-corrected chi connectivity index (χ3v) is 11.0. The Hall–Kier alpha value is -7.16. The van der Waals surface area contributed by atoms with Crippen molar-refractivity contribution < 1.29 is 4.42 Å². The van der Waals surface area contributed by atoms with Gasteiger partial charge in [0.1, 0.15) is 11.2 Å². The number of rotatable bonds is 5. The van der Waals surface area contributed by atoms with E-state index >= 15 is 0 Å². The number of anilines is 3. The topological polar surface area (TPSA) is 16.4 Å². The molecule has 0 fully saturated rings. The predicted octanol–water partition coefficient (Wildman–Crippen LogP) is 15.0. The molecule has 1 aromatic heterocycles. The number of furan rings is 1. The molecule has 2 heteroatoms. The molecule has 0 aliphatic heterocycles. The highest BCUT2D eigenvalue weighted by atomic mass is 16.3. The fraction of sp³-hybridized carbons (Fsp3) is 0. The van der Waals surface area contributed by atoms with Crippen molar-refractivity contribution in [2.75, 3.05) is 4.90 Å². The van der Waals surface area contributed by atoms with Crippen LogP contribution in [0.25, 0.3) is 87.3 Å². The van der Waals surface area contributed by atoms with Crippen LogP contribution in [-0.4, -0.2) is 0 Å². The molecule has 0 amide bonds. The second-order valence-corrected chi connectivity index (χ2v) is 14.0. The monoisotopic (exact) mass is 687 g/mol. The molecule has 0 unspecified atom stereocenters. The van der Waals surface area contributed by atoms with Gasteiger partial charge in [-0.3, -0.25) is 0 Å². The van der Waals surface area contributed by atoms with Crippen molar-refractivity contribution >= 4 is 82.1 Å². The molecule has 1 heterocycles. The summed E-state index contributed by atoms with van der Waals surface area (Å²) >= 11 is 0. The summed E-state index contributed by atoms with van der Waals surface area (Å²) in [6, 6.07) is 72.2. The van der Waals surface area contributed by atoms with Crippen LogP contribution in [0.2, 0.25) is 0 Å². The maximum absolute atomic E-state index is 6.70. The SMILES string of the molecule is c1ccc(-c2c(-c3ccc(N(c4cccc5ccccc45)c4cccc5ccc6c7ccccc7oc6c45)cc3)c3ccccc3c3ccccc23)cc1. The van der Waals surface area contributed by atoms with Gasteiger partial charge in [0.25, 0.3) is 0 Å². The summed E-state index contributed by atoms with van der Waals surface area (Å²) in [5.74, 6) is 0. The number of benzene rings is 10. The van der Waals surface area contributed by atoms with Crippen LogP contribution >= 0.6 is 0 Å². The van der Waals surface area contributed by atoms with Crippen molar-refractivity contribution in [2.45, 2.75) is 0 Å². The van der Waals surface area contributed by atoms with E-state index in [-0.39, 0.29) is 0 Å². The molecule has 0 aliphatic carbocycles. The molecular weight excluding hydrogens is 655 g/mol. The lowest BCUT2D eigenvalue weighted by Gasteiger charge is -2.28. The van der Waals surface area contributed by atoms with Gasteiger partial charge in [0.15, 0.2) is 0 Å². The maximum Gasteiger partial charge on any atom is 0.145 e. The first-order valence-corrected chi connectivity index (χ1v) is 18.5. The molecule has 11 rings (SSSR count). The number of nitrogens with zero attached hydrogens (tertiary/aromatic N) is 1. The molecule has 0 saturated carbocycles. The Morgan fingerprint density at radius 2 is 0.852 bits per heavy atom. The van der Waals surface area contributed by atoms with Gasteiger partial charge >= 0.3 is 0 Å². The van der Waals surface area contributed by atoms with Gasteiger partial charge in [-0.05, 0) is 91.0 Å². The summed E-state index contributed by atoms with van der Waals surface area (Å²) in [4.78, 5) is 2.41. The molecule has 11 aromatic rings. The summed E-state index contributed by atoms with van der Waals surface area (Å²) in [5.41, 5.74) is 9.94. The number of fused-ring (bicyclic) bond motifs is 9. The Kier molecular flexibility index (Phi) is 6.90. The maximum atomic E-state index is 6.70. The van der Waals surface area contributed by atoms with Gasteiger partial charge in [-0.25, -0.2) is 0 Å². The Balaban J connectivity index is 1.19. The van der Waals surface area contributed by atoms with Gasteiger partial charge in [0.2, 0.25) is 0 Å². The minimum Gasteiger partial charge on any atom is -0.455 e. The van der Waals surface area contributed by atoms with Crippen LogP contribution in [0.1, 0.15) is 0 Å². The minimum absolute atomic E-state index is 0.896. The summed E-state index contributed by atoms with van der Waals surface area (Å²) < 4.78 is 6.70. The van der Waals surface area contributed by atoms with E-state index in [0.717, 1.165) is 49.8 Å². The van der Waals surface area contributed by atoms with E-state index in [1.807, 2.05) is 6.07 Å². The van der Waals surface area contributed by atoms with E-state index in [9.17, 15) is 0 Å². The van der Waals surface area contributed by atoms with Crippen LogP contribution in [0, 0.1) is 0 Å². The lowest BCUT2D eigenvalue weighted by atomic mass is 9.85. The second kappa shape index (κ2) is 12.2. The molecule has 2 nitrogen and oxygen atoms in total. The van der Waals surface area contributed by atoms with Crippen molar-refractivity contribution in [3.63, 3.8) is 0 Å². The molecule has 0 saturated heterocycles. The average Bonchev–Trinajstić information content (AvgIpc) is 3.63. The van der Waals surface area contributed by atoms with Crippen LogP contribution < -0.4 is 4.90 Å². The Labute approximate surface area is 312 Å². The van der Waals surface area contributed by atoms with E-state index in [1.54, 1.807) is 0 Å². The molecule has 54 heavy (non-hydrogen) atoms. The van der Waals surface area contributed by atoms with Crippen molar-refractivity contribution in [3.8, 4) is 22.3 Å². The average molecular weight is 688 g/mol. The van der Waals surface area contributed by atoms with E-state index < -0.39 is 0 Å². The van der Waals surface area contributed by atoms with E-state index in [1.165, 1.54) is 54.6 Å².